The third-order valence-corrected chi connectivity index (χ3v) is 5.81. The molecule has 0 unspecified atom stereocenters. The van der Waals surface area contributed by atoms with Crippen LogP contribution in [0.2, 0.25) is 0 Å². The first-order valence-corrected chi connectivity index (χ1v) is 11.1. The van der Waals surface area contributed by atoms with E-state index in [4.69, 9.17) is 4.42 Å². The van der Waals surface area contributed by atoms with Crippen LogP contribution in [0.25, 0.3) is 28.4 Å². The van der Waals surface area contributed by atoms with E-state index in [2.05, 4.69) is 35.3 Å². The number of fused-ring (bicyclic) bond motifs is 1. The Hall–Kier alpha value is -3.19. The van der Waals surface area contributed by atoms with Crippen LogP contribution in [-0.4, -0.2) is 47.7 Å². The molecule has 1 saturated heterocycles. The van der Waals surface area contributed by atoms with Crippen LogP contribution in [0.1, 0.15) is 25.6 Å². The molecule has 0 saturated carbocycles. The van der Waals surface area contributed by atoms with Gasteiger partial charge < -0.3 is 18.8 Å². The highest BCUT2D eigenvalue weighted by molar-refractivity contribution is 5.84. The standard InChI is InChI=1S/C25H29FN4O2/c1-4-6-10-30-17-22(27-24(30)8-5-2)20-16-19-21(26)14-18(15-23(19)32-25(20)31)29-11-7-9-28(3)12-13-29/h4,6,10,14-17H,1,5,7-9,11-13H2,2-3H3/b10-6-. The third-order valence-electron chi connectivity index (χ3n) is 5.81. The first-order chi connectivity index (χ1) is 15.5. The van der Waals surface area contributed by atoms with E-state index in [0.29, 0.717) is 5.69 Å². The minimum Gasteiger partial charge on any atom is -0.422 e. The number of aromatic nitrogens is 2. The highest BCUT2D eigenvalue weighted by Crippen LogP contribution is 2.28. The molecule has 1 aliphatic rings. The smallest absolute Gasteiger partial charge is 0.345 e. The molecule has 1 aliphatic heterocycles. The summed E-state index contributed by atoms with van der Waals surface area (Å²) in [6, 6.07) is 4.85. The van der Waals surface area contributed by atoms with Crippen molar-refractivity contribution in [2.75, 3.05) is 38.1 Å². The van der Waals surface area contributed by atoms with Gasteiger partial charge >= 0.3 is 5.63 Å². The van der Waals surface area contributed by atoms with E-state index in [-0.39, 0.29) is 16.5 Å². The van der Waals surface area contributed by atoms with Crippen molar-refractivity contribution >= 4 is 22.9 Å². The van der Waals surface area contributed by atoms with Crippen LogP contribution >= 0.6 is 0 Å². The molecule has 168 valence electrons. The van der Waals surface area contributed by atoms with E-state index in [1.165, 1.54) is 6.07 Å². The van der Waals surface area contributed by atoms with E-state index >= 15 is 4.39 Å². The van der Waals surface area contributed by atoms with Crippen molar-refractivity contribution in [2.45, 2.75) is 26.2 Å². The van der Waals surface area contributed by atoms with Crippen LogP contribution in [0.3, 0.4) is 0 Å². The van der Waals surface area contributed by atoms with Crippen LogP contribution < -0.4 is 10.5 Å². The molecule has 0 atom stereocenters. The summed E-state index contributed by atoms with van der Waals surface area (Å²) in [6.07, 6.45) is 9.75. The maximum atomic E-state index is 15.1. The van der Waals surface area contributed by atoms with E-state index in [1.54, 1.807) is 30.5 Å². The van der Waals surface area contributed by atoms with Crippen LogP contribution in [-0.2, 0) is 6.42 Å². The summed E-state index contributed by atoms with van der Waals surface area (Å²) >= 11 is 0. The quantitative estimate of drug-likeness (QED) is 0.419. The molecule has 6 nitrogen and oxygen atoms in total. The Balaban J connectivity index is 1.74. The number of likely N-dealkylation sites (N-methyl/N-ethyl adjacent to an activating group) is 1. The summed E-state index contributed by atoms with van der Waals surface area (Å²) in [4.78, 5) is 21.8. The van der Waals surface area contributed by atoms with Crippen molar-refractivity contribution in [3.05, 3.63) is 65.2 Å². The number of allylic oxidation sites excluding steroid dienone is 2. The molecule has 0 N–H and O–H groups in total. The lowest BCUT2D eigenvalue weighted by molar-refractivity contribution is 0.360. The maximum absolute atomic E-state index is 15.1. The second-order valence-electron chi connectivity index (χ2n) is 8.21. The van der Waals surface area contributed by atoms with Gasteiger partial charge in [0.1, 0.15) is 17.2 Å². The Bertz CT molecular complexity index is 1210. The normalized spacial score (nSPS) is 15.5. The Kier molecular flexibility index (Phi) is 6.55. The van der Waals surface area contributed by atoms with Crippen LogP contribution in [0.5, 0.6) is 0 Å². The third kappa shape index (κ3) is 4.53. The average molecular weight is 437 g/mol. The lowest BCUT2D eigenvalue weighted by atomic mass is 10.1. The summed E-state index contributed by atoms with van der Waals surface area (Å²) in [5.41, 5.74) is 1.20. The number of aryl methyl sites for hydroxylation is 1. The number of nitrogens with zero attached hydrogens (tertiary/aromatic N) is 4. The maximum Gasteiger partial charge on any atom is 0.345 e. The van der Waals surface area contributed by atoms with Gasteiger partial charge in [-0.25, -0.2) is 14.2 Å². The second-order valence-corrected chi connectivity index (χ2v) is 8.21. The van der Waals surface area contributed by atoms with Crippen molar-refractivity contribution in [1.29, 1.82) is 0 Å². The zero-order valence-corrected chi connectivity index (χ0v) is 18.7. The Morgan fingerprint density at radius 2 is 2.06 bits per heavy atom. The van der Waals surface area contributed by atoms with Gasteiger partial charge in [0.05, 0.1) is 16.6 Å². The minimum atomic E-state index is -0.523. The Labute approximate surface area is 187 Å². The number of benzene rings is 1. The van der Waals surface area contributed by atoms with E-state index < -0.39 is 11.4 Å². The lowest BCUT2D eigenvalue weighted by Crippen LogP contribution is -2.28. The molecule has 0 amide bonds. The highest BCUT2D eigenvalue weighted by atomic mass is 19.1. The summed E-state index contributed by atoms with van der Waals surface area (Å²) in [5, 5.41) is 0.281. The van der Waals surface area contributed by atoms with E-state index in [0.717, 1.165) is 57.0 Å². The monoisotopic (exact) mass is 436 g/mol. The van der Waals surface area contributed by atoms with Crippen molar-refractivity contribution in [1.82, 2.24) is 14.5 Å². The van der Waals surface area contributed by atoms with Crippen molar-refractivity contribution in [3.8, 4) is 11.3 Å². The van der Waals surface area contributed by atoms with Crippen molar-refractivity contribution in [3.63, 3.8) is 0 Å². The fraction of sp³-hybridized carbons (Fsp3) is 0.360. The minimum absolute atomic E-state index is 0.253. The predicted molar refractivity (Wildman–Crippen MR) is 128 cm³/mol. The molecule has 7 heteroatoms. The molecule has 0 radical (unpaired) electrons. The van der Waals surface area contributed by atoms with Gasteiger partial charge in [0.15, 0.2) is 0 Å². The summed E-state index contributed by atoms with van der Waals surface area (Å²) in [6.45, 7) is 9.32. The van der Waals surface area contributed by atoms with Crippen molar-refractivity contribution < 1.29 is 8.81 Å². The molecular weight excluding hydrogens is 407 g/mol. The number of rotatable bonds is 6. The molecule has 4 rings (SSSR count). The average Bonchev–Trinajstić information content (AvgIpc) is 3.03. The van der Waals surface area contributed by atoms with Crippen LogP contribution in [0.15, 0.2) is 52.3 Å². The summed E-state index contributed by atoms with van der Waals surface area (Å²) in [7, 11) is 2.09. The molecule has 32 heavy (non-hydrogen) atoms. The zero-order valence-electron chi connectivity index (χ0n) is 18.7. The molecular formula is C25H29FN4O2. The molecule has 1 aromatic carbocycles. The van der Waals surface area contributed by atoms with Gasteiger partial charge in [-0.1, -0.05) is 19.6 Å². The predicted octanol–water partition coefficient (Wildman–Crippen LogP) is 4.55. The topological polar surface area (TPSA) is 54.5 Å². The fourth-order valence-corrected chi connectivity index (χ4v) is 4.08. The number of hydrogen-bond acceptors (Lipinski definition) is 5. The molecule has 3 heterocycles. The highest BCUT2D eigenvalue weighted by Gasteiger charge is 2.18. The molecule has 0 aliphatic carbocycles. The van der Waals surface area contributed by atoms with Gasteiger partial charge in [-0.15, -0.1) is 0 Å². The van der Waals surface area contributed by atoms with Crippen molar-refractivity contribution in [2.24, 2.45) is 0 Å². The SMILES string of the molecule is C=C/C=C\n1cc(-c2cc3c(F)cc(N4CCCN(C)CC4)cc3oc2=O)nc1CCC. The summed E-state index contributed by atoms with van der Waals surface area (Å²) < 4.78 is 22.6. The Morgan fingerprint density at radius 3 is 2.84 bits per heavy atom. The van der Waals surface area contributed by atoms with Crippen LogP contribution in [0.4, 0.5) is 10.1 Å². The van der Waals surface area contributed by atoms with E-state index in [9.17, 15) is 4.79 Å². The van der Waals surface area contributed by atoms with Gasteiger partial charge in [0.2, 0.25) is 0 Å². The molecule has 0 bridgehead atoms. The molecule has 0 spiro atoms. The van der Waals surface area contributed by atoms with Gasteiger partial charge in [0.25, 0.3) is 0 Å². The molecule has 3 aromatic rings. The van der Waals surface area contributed by atoms with Crippen LogP contribution in [0, 0.1) is 5.82 Å². The van der Waals surface area contributed by atoms with Gasteiger partial charge in [0, 0.05) is 50.2 Å². The first-order valence-electron chi connectivity index (χ1n) is 11.1. The number of halogens is 1. The number of anilines is 1. The lowest BCUT2D eigenvalue weighted by Gasteiger charge is -2.23. The Morgan fingerprint density at radius 1 is 1.22 bits per heavy atom. The largest absolute Gasteiger partial charge is 0.422 e. The van der Waals surface area contributed by atoms with Gasteiger partial charge in [-0.3, -0.25) is 0 Å². The molecule has 2 aromatic heterocycles. The number of imidazole rings is 1. The van der Waals surface area contributed by atoms with Gasteiger partial charge in [-0.05, 0) is 44.6 Å². The first kappa shape index (κ1) is 22.0. The number of hydrogen-bond donors (Lipinski definition) is 0. The second kappa shape index (κ2) is 9.53. The van der Waals surface area contributed by atoms with E-state index in [1.807, 2.05) is 10.8 Å². The molecule has 1 fully saturated rings. The van der Waals surface area contributed by atoms with Gasteiger partial charge in [-0.2, -0.15) is 0 Å². The summed E-state index contributed by atoms with van der Waals surface area (Å²) in [5.74, 6) is 0.418. The fourth-order valence-electron chi connectivity index (χ4n) is 4.08. The zero-order chi connectivity index (χ0) is 22.7.